The van der Waals surface area contributed by atoms with Gasteiger partial charge in [0.15, 0.2) is 0 Å². The molecule has 0 aliphatic heterocycles. The van der Waals surface area contributed by atoms with Gasteiger partial charge in [-0.05, 0) is 38.3 Å². The number of anilines is 1. The van der Waals surface area contributed by atoms with Crippen LogP contribution in [0.15, 0.2) is 34.9 Å². The SMILES string of the molecule is CCc1ccc(-c2cc(NC(=O)c3sc4nc(C)nc(C)c4c3C)on2)cc1. The normalized spacial score (nSPS) is 11.1. The van der Waals surface area contributed by atoms with Gasteiger partial charge in [0.05, 0.1) is 4.88 Å². The van der Waals surface area contributed by atoms with E-state index in [-0.39, 0.29) is 5.91 Å². The molecule has 0 aliphatic rings. The average molecular weight is 392 g/mol. The molecule has 0 bridgehead atoms. The van der Waals surface area contributed by atoms with Gasteiger partial charge >= 0.3 is 0 Å². The van der Waals surface area contributed by atoms with E-state index in [1.807, 2.05) is 32.9 Å². The number of aryl methyl sites for hydroxylation is 4. The summed E-state index contributed by atoms with van der Waals surface area (Å²) in [4.78, 5) is 23.1. The summed E-state index contributed by atoms with van der Waals surface area (Å²) in [5, 5.41) is 7.81. The molecule has 3 aromatic heterocycles. The van der Waals surface area contributed by atoms with Crippen molar-refractivity contribution in [2.75, 3.05) is 5.32 Å². The molecule has 1 amide bonds. The molecule has 0 atom stereocenters. The molecular weight excluding hydrogens is 372 g/mol. The average Bonchev–Trinajstić information content (AvgIpc) is 3.26. The van der Waals surface area contributed by atoms with Gasteiger partial charge in [-0.25, -0.2) is 9.97 Å². The van der Waals surface area contributed by atoms with Crippen molar-refractivity contribution in [1.29, 1.82) is 0 Å². The lowest BCUT2D eigenvalue weighted by molar-refractivity contribution is 0.102. The number of aromatic nitrogens is 3. The van der Waals surface area contributed by atoms with Gasteiger partial charge in [-0.1, -0.05) is 36.3 Å². The first-order valence-electron chi connectivity index (χ1n) is 9.08. The Morgan fingerprint density at radius 2 is 1.89 bits per heavy atom. The highest BCUT2D eigenvalue weighted by atomic mass is 32.1. The molecule has 0 saturated carbocycles. The summed E-state index contributed by atoms with van der Waals surface area (Å²) in [5.41, 5.74) is 4.65. The van der Waals surface area contributed by atoms with Crippen molar-refractivity contribution in [3.8, 4) is 11.3 Å². The Kier molecular flexibility index (Phi) is 4.68. The van der Waals surface area contributed by atoms with Crippen LogP contribution in [0.3, 0.4) is 0 Å². The van der Waals surface area contributed by atoms with Crippen LogP contribution >= 0.6 is 11.3 Å². The van der Waals surface area contributed by atoms with E-state index in [2.05, 4.69) is 39.5 Å². The first-order valence-corrected chi connectivity index (χ1v) is 9.89. The topological polar surface area (TPSA) is 80.9 Å². The van der Waals surface area contributed by atoms with Crippen LogP contribution in [0.5, 0.6) is 0 Å². The number of thiophene rings is 1. The molecule has 0 spiro atoms. The molecule has 28 heavy (non-hydrogen) atoms. The van der Waals surface area contributed by atoms with Gasteiger partial charge in [-0.3, -0.25) is 10.1 Å². The molecule has 3 heterocycles. The lowest BCUT2D eigenvalue weighted by atomic mass is 10.1. The second kappa shape index (κ2) is 7.16. The smallest absolute Gasteiger partial charge is 0.268 e. The van der Waals surface area contributed by atoms with Crippen LogP contribution in [0, 0.1) is 20.8 Å². The van der Waals surface area contributed by atoms with E-state index in [4.69, 9.17) is 4.52 Å². The summed E-state index contributed by atoms with van der Waals surface area (Å²) in [5.74, 6) is 0.782. The maximum atomic E-state index is 12.8. The number of amides is 1. The van der Waals surface area contributed by atoms with Crippen LogP contribution in [-0.4, -0.2) is 21.0 Å². The van der Waals surface area contributed by atoms with Crippen molar-refractivity contribution in [3.05, 3.63) is 57.9 Å². The Morgan fingerprint density at radius 3 is 2.61 bits per heavy atom. The van der Waals surface area contributed by atoms with Gasteiger partial charge < -0.3 is 4.52 Å². The maximum Gasteiger partial charge on any atom is 0.268 e. The number of nitrogens with one attached hydrogen (secondary N) is 1. The number of fused-ring (bicyclic) bond motifs is 1. The molecule has 0 saturated heterocycles. The Hall–Kier alpha value is -3.06. The van der Waals surface area contributed by atoms with Gasteiger partial charge in [0.1, 0.15) is 16.3 Å². The minimum Gasteiger partial charge on any atom is -0.338 e. The lowest BCUT2D eigenvalue weighted by Crippen LogP contribution is -2.10. The van der Waals surface area contributed by atoms with Crippen LogP contribution in [0.25, 0.3) is 21.5 Å². The molecular formula is C21H20N4O2S. The molecule has 0 unspecified atom stereocenters. The Balaban J connectivity index is 1.59. The van der Waals surface area contributed by atoms with E-state index < -0.39 is 0 Å². The molecule has 1 N–H and O–H groups in total. The fraction of sp³-hybridized carbons (Fsp3) is 0.238. The molecule has 7 heteroatoms. The molecule has 142 valence electrons. The van der Waals surface area contributed by atoms with Crippen molar-refractivity contribution >= 4 is 33.3 Å². The number of benzene rings is 1. The third-order valence-electron chi connectivity index (χ3n) is 4.69. The second-order valence-corrected chi connectivity index (χ2v) is 7.67. The highest BCUT2D eigenvalue weighted by molar-refractivity contribution is 7.20. The largest absolute Gasteiger partial charge is 0.338 e. The van der Waals surface area contributed by atoms with E-state index in [0.717, 1.165) is 33.5 Å². The zero-order chi connectivity index (χ0) is 19.8. The van der Waals surface area contributed by atoms with E-state index in [9.17, 15) is 4.79 Å². The Labute approximate surface area is 166 Å². The molecule has 6 nitrogen and oxygen atoms in total. The van der Waals surface area contributed by atoms with E-state index in [1.165, 1.54) is 16.9 Å². The summed E-state index contributed by atoms with van der Waals surface area (Å²) in [6.45, 7) is 7.82. The first-order chi connectivity index (χ1) is 13.5. The molecule has 0 radical (unpaired) electrons. The summed E-state index contributed by atoms with van der Waals surface area (Å²) < 4.78 is 5.32. The van der Waals surface area contributed by atoms with Gasteiger partial charge in [0.25, 0.3) is 5.91 Å². The fourth-order valence-electron chi connectivity index (χ4n) is 3.24. The Bertz CT molecular complexity index is 1180. The van der Waals surface area contributed by atoms with Gasteiger partial charge in [-0.15, -0.1) is 11.3 Å². The van der Waals surface area contributed by atoms with Gasteiger partial charge in [0, 0.05) is 22.7 Å². The third-order valence-corrected chi connectivity index (χ3v) is 5.88. The lowest BCUT2D eigenvalue weighted by Gasteiger charge is -2.00. The van der Waals surface area contributed by atoms with Crippen molar-refractivity contribution in [3.63, 3.8) is 0 Å². The van der Waals surface area contributed by atoms with Crippen molar-refractivity contribution in [1.82, 2.24) is 15.1 Å². The number of hydrogen-bond acceptors (Lipinski definition) is 6. The summed E-state index contributed by atoms with van der Waals surface area (Å²) in [7, 11) is 0. The van der Waals surface area contributed by atoms with E-state index in [1.54, 1.807) is 6.07 Å². The van der Waals surface area contributed by atoms with Crippen molar-refractivity contribution in [2.24, 2.45) is 0 Å². The predicted molar refractivity (Wildman–Crippen MR) is 111 cm³/mol. The van der Waals surface area contributed by atoms with Crippen molar-refractivity contribution in [2.45, 2.75) is 34.1 Å². The number of rotatable bonds is 4. The number of nitrogens with zero attached hydrogens (tertiary/aromatic N) is 3. The Morgan fingerprint density at radius 1 is 1.14 bits per heavy atom. The second-order valence-electron chi connectivity index (χ2n) is 6.67. The van der Waals surface area contributed by atoms with Crippen LogP contribution < -0.4 is 5.32 Å². The number of carbonyl (C=O) groups excluding carboxylic acids is 1. The van der Waals surface area contributed by atoms with Gasteiger partial charge in [0.2, 0.25) is 5.88 Å². The van der Waals surface area contributed by atoms with Crippen LogP contribution in [0.4, 0.5) is 5.88 Å². The highest BCUT2D eigenvalue weighted by Crippen LogP contribution is 2.32. The molecule has 0 aliphatic carbocycles. The summed E-state index contributed by atoms with van der Waals surface area (Å²) in [6.07, 6.45) is 0.984. The number of hydrogen-bond donors (Lipinski definition) is 1. The minimum absolute atomic E-state index is 0.235. The molecule has 0 fully saturated rings. The predicted octanol–water partition coefficient (Wildman–Crippen LogP) is 5.09. The zero-order valence-electron chi connectivity index (χ0n) is 16.2. The standard InChI is InChI=1S/C21H20N4O2S/c1-5-14-6-8-15(9-7-14)16-10-17(27-25-16)24-20(26)19-11(2)18-12(3)22-13(4)23-21(18)28-19/h6-10H,5H2,1-4H3,(H,24,26). The van der Waals surface area contributed by atoms with Crippen LogP contribution in [0.1, 0.15) is 39.2 Å². The minimum atomic E-state index is -0.235. The molecule has 1 aromatic carbocycles. The summed E-state index contributed by atoms with van der Waals surface area (Å²) in [6, 6.07) is 9.86. The molecule has 4 aromatic rings. The molecule has 4 rings (SSSR count). The third kappa shape index (κ3) is 3.29. The van der Waals surface area contributed by atoms with E-state index in [0.29, 0.717) is 22.3 Å². The van der Waals surface area contributed by atoms with Crippen LogP contribution in [-0.2, 0) is 6.42 Å². The van der Waals surface area contributed by atoms with Crippen LogP contribution in [0.2, 0.25) is 0 Å². The van der Waals surface area contributed by atoms with E-state index >= 15 is 0 Å². The summed E-state index contributed by atoms with van der Waals surface area (Å²) >= 11 is 1.36. The first kappa shape index (κ1) is 18.3. The zero-order valence-corrected chi connectivity index (χ0v) is 17.0. The maximum absolute atomic E-state index is 12.8. The van der Waals surface area contributed by atoms with Gasteiger partial charge in [-0.2, -0.15) is 0 Å². The van der Waals surface area contributed by atoms with Crippen molar-refractivity contribution < 1.29 is 9.32 Å². The number of carbonyl (C=O) groups is 1. The fourth-order valence-corrected chi connectivity index (χ4v) is 4.41. The highest BCUT2D eigenvalue weighted by Gasteiger charge is 2.20. The quantitative estimate of drug-likeness (QED) is 0.523. The monoisotopic (exact) mass is 392 g/mol.